The van der Waals surface area contributed by atoms with Crippen molar-refractivity contribution in [3.63, 3.8) is 0 Å². The maximum Gasteiger partial charge on any atom is 0.310 e. The van der Waals surface area contributed by atoms with Crippen LogP contribution in [-0.4, -0.2) is 44.3 Å². The molecule has 32 heavy (non-hydrogen) atoms. The van der Waals surface area contributed by atoms with Gasteiger partial charge in [0.15, 0.2) is 6.61 Å². The zero-order valence-electron chi connectivity index (χ0n) is 18.5. The number of esters is 1. The summed E-state index contributed by atoms with van der Waals surface area (Å²) in [5.41, 5.74) is 1.98. The maximum absolute atomic E-state index is 13.2. The third-order valence-electron chi connectivity index (χ3n) is 5.87. The monoisotopic (exact) mass is 458 g/mol. The zero-order chi connectivity index (χ0) is 23.1. The van der Waals surface area contributed by atoms with Crippen LogP contribution in [0.5, 0.6) is 0 Å². The number of nitrogens with one attached hydrogen (secondary N) is 1. The number of anilines is 1. The Bertz CT molecular complexity index is 1060. The maximum atomic E-state index is 13.2. The highest BCUT2D eigenvalue weighted by Crippen LogP contribution is 2.29. The van der Waals surface area contributed by atoms with Gasteiger partial charge >= 0.3 is 5.97 Å². The number of hydrogen-bond donors (Lipinski definition) is 1. The van der Waals surface area contributed by atoms with E-state index in [-0.39, 0.29) is 23.0 Å². The van der Waals surface area contributed by atoms with Crippen LogP contribution in [0, 0.1) is 6.92 Å². The van der Waals surface area contributed by atoms with E-state index < -0.39 is 28.5 Å². The minimum Gasteiger partial charge on any atom is -0.455 e. The number of ether oxygens (including phenoxy) is 1. The lowest BCUT2D eigenvalue weighted by atomic mass is 9.96. The predicted octanol–water partition coefficient (Wildman–Crippen LogP) is 3.67. The molecule has 0 aromatic heterocycles. The molecule has 0 heterocycles. The van der Waals surface area contributed by atoms with Crippen LogP contribution in [0.25, 0.3) is 0 Å². The van der Waals surface area contributed by atoms with Gasteiger partial charge in [-0.15, -0.1) is 0 Å². The van der Waals surface area contributed by atoms with E-state index in [9.17, 15) is 18.0 Å². The molecule has 1 saturated carbocycles. The van der Waals surface area contributed by atoms with E-state index in [0.29, 0.717) is 0 Å². The standard InChI is InChI=1S/C24H30N2O5S/c1-18-10-6-7-11-19(18)16-24(28)31-17-23(27)25-21-14-8-9-15-22(21)32(29,30)26(2)20-12-4-3-5-13-20/h6-11,14-15,20H,3-5,12-13,16-17H2,1-2H3,(H,25,27). The summed E-state index contributed by atoms with van der Waals surface area (Å²) in [5.74, 6) is -1.11. The second-order valence-corrected chi connectivity index (χ2v) is 10.1. The quantitative estimate of drug-likeness (QED) is 0.609. The van der Waals surface area contributed by atoms with Gasteiger partial charge < -0.3 is 10.1 Å². The molecule has 7 nitrogen and oxygen atoms in total. The second kappa shape index (κ2) is 10.7. The van der Waals surface area contributed by atoms with Gasteiger partial charge in [0.1, 0.15) is 4.90 Å². The molecule has 0 aliphatic heterocycles. The lowest BCUT2D eigenvalue weighted by Crippen LogP contribution is -2.38. The third-order valence-corrected chi connectivity index (χ3v) is 7.84. The van der Waals surface area contributed by atoms with Crippen molar-refractivity contribution in [3.05, 3.63) is 59.7 Å². The largest absolute Gasteiger partial charge is 0.455 e. The SMILES string of the molecule is Cc1ccccc1CC(=O)OCC(=O)Nc1ccccc1S(=O)(=O)N(C)C1CCCCC1. The number of aryl methyl sites for hydroxylation is 1. The van der Waals surface area contributed by atoms with Gasteiger partial charge in [0.2, 0.25) is 10.0 Å². The average molecular weight is 459 g/mol. The number of nitrogens with zero attached hydrogens (tertiary/aromatic N) is 1. The molecule has 172 valence electrons. The Hall–Kier alpha value is -2.71. The lowest BCUT2D eigenvalue weighted by Gasteiger charge is -2.30. The van der Waals surface area contributed by atoms with Gasteiger partial charge in [0.05, 0.1) is 12.1 Å². The van der Waals surface area contributed by atoms with Crippen molar-refractivity contribution in [2.75, 3.05) is 19.0 Å². The first-order valence-corrected chi connectivity index (χ1v) is 12.3. The van der Waals surface area contributed by atoms with Crippen LogP contribution >= 0.6 is 0 Å². The van der Waals surface area contributed by atoms with E-state index in [4.69, 9.17) is 4.74 Å². The van der Waals surface area contributed by atoms with Gasteiger partial charge in [-0.25, -0.2) is 8.42 Å². The van der Waals surface area contributed by atoms with Gasteiger partial charge in [0, 0.05) is 13.1 Å². The summed E-state index contributed by atoms with van der Waals surface area (Å²) in [5, 5.41) is 2.58. The third kappa shape index (κ3) is 5.95. The van der Waals surface area contributed by atoms with Gasteiger partial charge in [-0.1, -0.05) is 55.7 Å². The number of para-hydroxylation sites is 1. The number of sulfonamides is 1. The van der Waals surface area contributed by atoms with Gasteiger partial charge in [-0.05, 0) is 43.0 Å². The van der Waals surface area contributed by atoms with Crippen molar-refractivity contribution >= 4 is 27.6 Å². The van der Waals surface area contributed by atoms with E-state index in [1.807, 2.05) is 31.2 Å². The van der Waals surface area contributed by atoms with Crippen molar-refractivity contribution in [1.82, 2.24) is 4.31 Å². The Morgan fingerprint density at radius 3 is 2.41 bits per heavy atom. The van der Waals surface area contributed by atoms with E-state index in [2.05, 4.69) is 5.32 Å². The summed E-state index contributed by atoms with van der Waals surface area (Å²) in [6, 6.07) is 13.7. The number of amides is 1. The molecule has 0 bridgehead atoms. The normalized spacial score (nSPS) is 14.8. The molecule has 3 rings (SSSR count). The highest BCUT2D eigenvalue weighted by molar-refractivity contribution is 7.89. The Labute approximate surface area is 189 Å². The number of rotatable bonds is 8. The summed E-state index contributed by atoms with van der Waals surface area (Å²) in [6.45, 7) is 1.41. The fourth-order valence-electron chi connectivity index (χ4n) is 3.94. The van der Waals surface area contributed by atoms with Crippen molar-refractivity contribution < 1.29 is 22.7 Å². The van der Waals surface area contributed by atoms with Gasteiger partial charge in [-0.2, -0.15) is 4.31 Å². The minimum atomic E-state index is -3.78. The summed E-state index contributed by atoms with van der Waals surface area (Å²) in [6.07, 6.45) is 4.88. The highest BCUT2D eigenvalue weighted by Gasteiger charge is 2.31. The van der Waals surface area contributed by atoms with E-state index in [1.165, 1.54) is 16.4 Å². The fourth-order valence-corrected chi connectivity index (χ4v) is 5.50. The van der Waals surface area contributed by atoms with E-state index in [0.717, 1.165) is 43.2 Å². The predicted molar refractivity (Wildman–Crippen MR) is 123 cm³/mol. The number of benzene rings is 2. The molecule has 0 spiro atoms. The molecular weight excluding hydrogens is 428 g/mol. The van der Waals surface area contributed by atoms with Crippen LogP contribution in [0.3, 0.4) is 0 Å². The summed E-state index contributed by atoms with van der Waals surface area (Å²) < 4.78 is 33.0. The number of hydrogen-bond acceptors (Lipinski definition) is 5. The first-order chi connectivity index (χ1) is 15.3. The molecule has 2 aromatic rings. The summed E-state index contributed by atoms with van der Waals surface area (Å²) in [4.78, 5) is 24.5. The van der Waals surface area contributed by atoms with Crippen LogP contribution in [0.4, 0.5) is 5.69 Å². The van der Waals surface area contributed by atoms with Crippen LogP contribution in [0.1, 0.15) is 43.2 Å². The second-order valence-electron chi connectivity index (χ2n) is 8.12. The van der Waals surface area contributed by atoms with Gasteiger partial charge in [0.25, 0.3) is 5.91 Å². The first-order valence-electron chi connectivity index (χ1n) is 10.9. The number of carbonyl (C=O) groups is 2. The van der Waals surface area contributed by atoms with Crippen LogP contribution in [-0.2, 0) is 30.8 Å². The lowest BCUT2D eigenvalue weighted by molar-refractivity contribution is -0.146. The smallest absolute Gasteiger partial charge is 0.310 e. The number of carbonyl (C=O) groups excluding carboxylic acids is 2. The Morgan fingerprint density at radius 2 is 1.69 bits per heavy atom. The molecule has 0 radical (unpaired) electrons. The van der Waals surface area contributed by atoms with Crippen molar-refractivity contribution in [2.45, 2.75) is 56.4 Å². The Balaban J connectivity index is 1.63. The minimum absolute atomic E-state index is 0.0349. The molecule has 0 atom stereocenters. The van der Waals surface area contributed by atoms with Crippen molar-refractivity contribution in [2.24, 2.45) is 0 Å². The van der Waals surface area contributed by atoms with E-state index >= 15 is 0 Å². The summed E-state index contributed by atoms with van der Waals surface area (Å²) >= 11 is 0. The fraction of sp³-hybridized carbons (Fsp3) is 0.417. The zero-order valence-corrected chi connectivity index (χ0v) is 19.4. The molecule has 1 amide bonds. The van der Waals surface area contributed by atoms with Crippen molar-refractivity contribution in [3.8, 4) is 0 Å². The molecule has 1 N–H and O–H groups in total. The van der Waals surface area contributed by atoms with Crippen LogP contribution in [0.2, 0.25) is 0 Å². The molecule has 1 fully saturated rings. The molecule has 8 heteroatoms. The Kier molecular flexibility index (Phi) is 8.04. The Morgan fingerprint density at radius 1 is 1.03 bits per heavy atom. The molecule has 2 aromatic carbocycles. The first kappa shape index (κ1) is 23.9. The molecular formula is C24H30N2O5S. The topological polar surface area (TPSA) is 92.8 Å². The summed E-state index contributed by atoms with van der Waals surface area (Å²) in [7, 11) is -2.19. The van der Waals surface area contributed by atoms with Crippen molar-refractivity contribution in [1.29, 1.82) is 0 Å². The highest BCUT2D eigenvalue weighted by atomic mass is 32.2. The average Bonchev–Trinajstić information content (AvgIpc) is 2.79. The molecule has 1 aliphatic carbocycles. The molecule has 0 saturated heterocycles. The molecule has 1 aliphatic rings. The van der Waals surface area contributed by atoms with Crippen LogP contribution in [0.15, 0.2) is 53.4 Å². The molecule has 0 unspecified atom stereocenters. The van der Waals surface area contributed by atoms with E-state index in [1.54, 1.807) is 19.2 Å². The van der Waals surface area contributed by atoms with Crippen LogP contribution < -0.4 is 5.32 Å². The van der Waals surface area contributed by atoms with Gasteiger partial charge in [-0.3, -0.25) is 9.59 Å².